The van der Waals surface area contributed by atoms with Crippen LogP contribution in [0.1, 0.15) is 22.8 Å². The van der Waals surface area contributed by atoms with Crippen LogP contribution in [0.5, 0.6) is 5.75 Å². The van der Waals surface area contributed by atoms with Crippen LogP contribution in [-0.2, 0) is 5.75 Å². The highest BCUT2D eigenvalue weighted by Crippen LogP contribution is 2.25. The molecule has 1 amide bonds. The second-order valence-corrected chi connectivity index (χ2v) is 6.90. The Labute approximate surface area is 156 Å². The first-order valence-corrected chi connectivity index (χ1v) is 9.54. The number of hydrogen-bond acceptors (Lipinski definition) is 3. The third-order valence-electron chi connectivity index (χ3n) is 3.24. The lowest BCUT2D eigenvalue weighted by atomic mass is 10.2. The molecule has 6 heteroatoms. The van der Waals surface area contributed by atoms with Crippen LogP contribution in [0.4, 0.5) is 0 Å². The van der Waals surface area contributed by atoms with Gasteiger partial charge in [-0.2, -0.15) is 11.8 Å². The van der Waals surface area contributed by atoms with Crippen molar-refractivity contribution < 1.29 is 9.53 Å². The summed E-state index contributed by atoms with van der Waals surface area (Å²) in [5.41, 5.74) is 1.63. The first-order valence-electron chi connectivity index (χ1n) is 7.63. The molecule has 128 valence electrons. The Morgan fingerprint density at radius 3 is 2.67 bits per heavy atom. The Morgan fingerprint density at radius 2 is 1.96 bits per heavy atom. The molecule has 0 saturated carbocycles. The molecule has 0 saturated heterocycles. The molecular weight excluding hydrogens is 365 g/mol. The largest absolute Gasteiger partial charge is 0.492 e. The van der Waals surface area contributed by atoms with Crippen molar-refractivity contribution in [1.82, 2.24) is 5.32 Å². The highest BCUT2D eigenvalue weighted by Gasteiger charge is 2.09. The minimum absolute atomic E-state index is 0.140. The van der Waals surface area contributed by atoms with Crippen LogP contribution >= 0.6 is 35.0 Å². The molecule has 24 heavy (non-hydrogen) atoms. The van der Waals surface area contributed by atoms with E-state index in [4.69, 9.17) is 27.9 Å². The van der Waals surface area contributed by atoms with Crippen molar-refractivity contribution in [3.05, 3.63) is 63.6 Å². The van der Waals surface area contributed by atoms with Crippen molar-refractivity contribution in [3.63, 3.8) is 0 Å². The smallest absolute Gasteiger partial charge is 0.251 e. The third kappa shape index (κ3) is 5.62. The molecule has 0 aliphatic carbocycles. The average molecular weight is 384 g/mol. The van der Waals surface area contributed by atoms with Crippen LogP contribution in [0.2, 0.25) is 10.0 Å². The molecule has 3 nitrogen and oxygen atoms in total. The lowest BCUT2D eigenvalue weighted by molar-refractivity contribution is 0.0956. The van der Waals surface area contributed by atoms with Crippen LogP contribution in [0.25, 0.3) is 0 Å². The van der Waals surface area contributed by atoms with Crippen molar-refractivity contribution in [2.75, 3.05) is 18.9 Å². The number of hydrogen-bond donors (Lipinski definition) is 1. The molecule has 0 radical (unpaired) electrons. The summed E-state index contributed by atoms with van der Waals surface area (Å²) in [5.74, 6) is 2.08. The van der Waals surface area contributed by atoms with Crippen molar-refractivity contribution in [2.24, 2.45) is 0 Å². The van der Waals surface area contributed by atoms with Gasteiger partial charge in [0.25, 0.3) is 5.91 Å². The first-order chi connectivity index (χ1) is 11.6. The Kier molecular flexibility index (Phi) is 7.76. The number of benzene rings is 2. The Hall–Kier alpha value is -1.36. The van der Waals surface area contributed by atoms with Gasteiger partial charge >= 0.3 is 0 Å². The molecule has 0 atom stereocenters. The quantitative estimate of drug-likeness (QED) is 0.647. The number of carbonyl (C=O) groups excluding carboxylic acids is 1. The van der Waals surface area contributed by atoms with Gasteiger partial charge in [-0.1, -0.05) is 41.4 Å². The van der Waals surface area contributed by atoms with Crippen molar-refractivity contribution >= 4 is 40.9 Å². The summed E-state index contributed by atoms with van der Waals surface area (Å²) in [6.45, 7) is 3.00. The molecule has 0 spiro atoms. The summed E-state index contributed by atoms with van der Waals surface area (Å²) in [4.78, 5) is 12.1. The average Bonchev–Trinajstić information content (AvgIpc) is 2.58. The predicted octanol–water partition coefficient (Wildman–Crippen LogP) is 5.06. The van der Waals surface area contributed by atoms with E-state index < -0.39 is 0 Å². The van der Waals surface area contributed by atoms with Crippen LogP contribution in [0.3, 0.4) is 0 Å². The zero-order chi connectivity index (χ0) is 17.4. The zero-order valence-electron chi connectivity index (χ0n) is 13.4. The number of ether oxygens (including phenoxy) is 1. The molecule has 1 N–H and O–H groups in total. The maximum Gasteiger partial charge on any atom is 0.251 e. The highest BCUT2D eigenvalue weighted by molar-refractivity contribution is 7.98. The third-order valence-corrected chi connectivity index (χ3v) is 4.91. The summed E-state index contributed by atoms with van der Waals surface area (Å²) >= 11 is 13.9. The Morgan fingerprint density at radius 1 is 1.17 bits per heavy atom. The van der Waals surface area contributed by atoms with Crippen LogP contribution in [-0.4, -0.2) is 24.8 Å². The number of carbonyl (C=O) groups is 1. The van der Waals surface area contributed by atoms with E-state index in [1.165, 1.54) is 0 Å². The summed E-state index contributed by atoms with van der Waals surface area (Å²) in [5, 5.41) is 4.10. The Balaban J connectivity index is 1.75. The van der Waals surface area contributed by atoms with Crippen molar-refractivity contribution in [3.8, 4) is 5.75 Å². The van der Waals surface area contributed by atoms with E-state index in [9.17, 15) is 4.79 Å². The maximum absolute atomic E-state index is 12.1. The number of amides is 1. The summed E-state index contributed by atoms with van der Waals surface area (Å²) in [6, 6.07) is 12.8. The Bertz CT molecular complexity index is 694. The molecule has 2 aromatic carbocycles. The minimum Gasteiger partial charge on any atom is -0.492 e. The predicted molar refractivity (Wildman–Crippen MR) is 103 cm³/mol. The molecule has 2 aromatic rings. The standard InChI is InChI=1S/C18H19Cl2NO2S/c1-2-23-17-8-7-13(11-16(17)20)18(22)21-9-10-24-12-14-5-3-4-6-15(14)19/h3-8,11H,2,9-10,12H2,1H3,(H,21,22). The van der Waals surface area contributed by atoms with Gasteiger partial charge in [-0.05, 0) is 36.8 Å². The molecule has 0 bridgehead atoms. The summed E-state index contributed by atoms with van der Waals surface area (Å²) in [7, 11) is 0. The van der Waals surface area contributed by atoms with Crippen LogP contribution in [0, 0.1) is 0 Å². The molecular formula is C18H19Cl2NO2S. The number of thioether (sulfide) groups is 1. The second kappa shape index (κ2) is 9.82. The SMILES string of the molecule is CCOc1ccc(C(=O)NCCSCc2ccccc2Cl)cc1Cl. The topological polar surface area (TPSA) is 38.3 Å². The fourth-order valence-electron chi connectivity index (χ4n) is 2.05. The van der Waals surface area contributed by atoms with Crippen LogP contribution < -0.4 is 10.1 Å². The van der Waals surface area contributed by atoms with Crippen molar-refractivity contribution in [1.29, 1.82) is 0 Å². The van der Waals surface area contributed by atoms with Crippen LogP contribution in [0.15, 0.2) is 42.5 Å². The van der Waals surface area contributed by atoms with Gasteiger partial charge in [0.05, 0.1) is 11.6 Å². The van der Waals surface area contributed by atoms with Gasteiger partial charge in [-0.3, -0.25) is 4.79 Å². The van der Waals surface area contributed by atoms with Gasteiger partial charge in [-0.25, -0.2) is 0 Å². The van der Waals surface area contributed by atoms with E-state index >= 15 is 0 Å². The second-order valence-electron chi connectivity index (χ2n) is 4.98. The lowest BCUT2D eigenvalue weighted by Crippen LogP contribution is -2.25. The molecule has 0 unspecified atom stereocenters. The van der Waals surface area contributed by atoms with Crippen molar-refractivity contribution in [2.45, 2.75) is 12.7 Å². The van der Waals surface area contributed by atoms with Gasteiger partial charge in [0.2, 0.25) is 0 Å². The van der Waals surface area contributed by atoms with E-state index in [0.717, 1.165) is 22.1 Å². The number of halogens is 2. The van der Waals surface area contributed by atoms with Gasteiger partial charge in [0.15, 0.2) is 0 Å². The molecule has 0 aliphatic rings. The monoisotopic (exact) mass is 383 g/mol. The van der Waals surface area contributed by atoms with E-state index in [1.54, 1.807) is 30.0 Å². The first kappa shape index (κ1) is 19.0. The molecule has 0 aliphatic heterocycles. The lowest BCUT2D eigenvalue weighted by Gasteiger charge is -2.09. The summed E-state index contributed by atoms with van der Waals surface area (Å²) < 4.78 is 5.36. The fraction of sp³-hybridized carbons (Fsp3) is 0.278. The van der Waals surface area contributed by atoms with Gasteiger partial charge in [0, 0.05) is 28.6 Å². The maximum atomic E-state index is 12.1. The van der Waals surface area contributed by atoms with E-state index in [2.05, 4.69) is 5.32 Å². The highest BCUT2D eigenvalue weighted by atomic mass is 35.5. The normalized spacial score (nSPS) is 10.5. The number of nitrogens with one attached hydrogen (secondary N) is 1. The summed E-state index contributed by atoms with van der Waals surface area (Å²) in [6.07, 6.45) is 0. The van der Waals surface area contributed by atoms with Gasteiger partial charge in [-0.15, -0.1) is 0 Å². The number of rotatable bonds is 8. The molecule has 0 fully saturated rings. The van der Waals surface area contributed by atoms with Gasteiger partial charge < -0.3 is 10.1 Å². The molecule has 0 heterocycles. The zero-order valence-corrected chi connectivity index (χ0v) is 15.7. The molecule has 0 aromatic heterocycles. The molecule has 2 rings (SSSR count). The minimum atomic E-state index is -0.140. The van der Waals surface area contributed by atoms with E-state index in [1.807, 2.05) is 31.2 Å². The fourth-order valence-corrected chi connectivity index (χ4v) is 3.43. The van der Waals surface area contributed by atoms with Gasteiger partial charge in [0.1, 0.15) is 5.75 Å². The van der Waals surface area contributed by atoms with E-state index in [0.29, 0.717) is 29.5 Å². The van der Waals surface area contributed by atoms with E-state index in [-0.39, 0.29) is 5.91 Å².